The molecular formula is C17H15BrINO. The minimum Gasteiger partial charge on any atom is -0.481 e. The number of hydrogen-bond acceptors (Lipinski definition) is 2. The van der Waals surface area contributed by atoms with E-state index in [9.17, 15) is 0 Å². The molecule has 2 rings (SSSR count). The van der Waals surface area contributed by atoms with Gasteiger partial charge in [-0.2, -0.15) is 0 Å². The molecule has 0 saturated heterocycles. The summed E-state index contributed by atoms with van der Waals surface area (Å²) in [6.45, 7) is 3.06. The monoisotopic (exact) mass is 455 g/mol. The number of halogens is 2. The van der Waals surface area contributed by atoms with Gasteiger partial charge in [0.2, 0.25) is 0 Å². The van der Waals surface area contributed by atoms with Crippen LogP contribution in [0.4, 0.5) is 5.69 Å². The third kappa shape index (κ3) is 4.65. The zero-order valence-corrected chi connectivity index (χ0v) is 15.4. The van der Waals surface area contributed by atoms with Gasteiger partial charge >= 0.3 is 0 Å². The molecular weight excluding hydrogens is 441 g/mol. The quantitative estimate of drug-likeness (QED) is 0.506. The van der Waals surface area contributed by atoms with Crippen LogP contribution in [0, 0.1) is 22.8 Å². The summed E-state index contributed by atoms with van der Waals surface area (Å²) in [5, 5.41) is 3.42. The number of terminal acetylenes is 1. The van der Waals surface area contributed by atoms with E-state index in [0.717, 1.165) is 21.5 Å². The minimum absolute atomic E-state index is 0.275. The third-order valence-corrected chi connectivity index (χ3v) is 4.64. The van der Waals surface area contributed by atoms with Crippen LogP contribution in [0.2, 0.25) is 0 Å². The van der Waals surface area contributed by atoms with Gasteiger partial charge in [0, 0.05) is 25.8 Å². The Balaban J connectivity index is 2.13. The second-order valence-electron chi connectivity index (χ2n) is 4.56. The molecule has 0 heterocycles. The highest BCUT2D eigenvalue weighted by Gasteiger charge is 2.05. The highest BCUT2D eigenvalue weighted by atomic mass is 127. The van der Waals surface area contributed by atoms with Crippen LogP contribution in [0.1, 0.15) is 11.1 Å². The van der Waals surface area contributed by atoms with Crippen LogP contribution in [0.5, 0.6) is 5.75 Å². The lowest BCUT2D eigenvalue weighted by atomic mass is 10.2. The average Bonchev–Trinajstić information content (AvgIpc) is 2.47. The molecule has 0 amide bonds. The van der Waals surface area contributed by atoms with Crippen molar-refractivity contribution in [3.8, 4) is 18.1 Å². The first-order valence-corrected chi connectivity index (χ1v) is 8.32. The summed E-state index contributed by atoms with van der Waals surface area (Å²) < 4.78 is 7.84. The topological polar surface area (TPSA) is 21.3 Å². The molecule has 0 aromatic heterocycles. The lowest BCUT2D eigenvalue weighted by molar-refractivity contribution is 0.366. The first-order chi connectivity index (χ1) is 10.1. The molecule has 0 fully saturated rings. The highest BCUT2D eigenvalue weighted by molar-refractivity contribution is 14.1. The maximum atomic E-state index is 5.57. The Morgan fingerprint density at radius 1 is 1.29 bits per heavy atom. The lowest BCUT2D eigenvalue weighted by Gasteiger charge is -2.13. The lowest BCUT2D eigenvalue weighted by Crippen LogP contribution is -2.04. The largest absolute Gasteiger partial charge is 0.481 e. The number of rotatable bonds is 5. The average molecular weight is 456 g/mol. The summed E-state index contributed by atoms with van der Waals surface area (Å²) >= 11 is 5.83. The van der Waals surface area contributed by atoms with Crippen molar-refractivity contribution in [3.05, 3.63) is 55.6 Å². The fraction of sp³-hybridized carbons (Fsp3) is 0.176. The molecule has 0 aliphatic rings. The second kappa shape index (κ2) is 7.71. The van der Waals surface area contributed by atoms with Crippen molar-refractivity contribution >= 4 is 44.2 Å². The number of benzene rings is 2. The number of ether oxygens (including phenoxy) is 1. The summed E-state index contributed by atoms with van der Waals surface area (Å²) in [5.41, 5.74) is 3.43. The predicted octanol–water partition coefficient (Wildman–Crippen LogP) is 4.99. The van der Waals surface area contributed by atoms with Gasteiger partial charge in [-0.3, -0.25) is 0 Å². The number of hydrogen-bond donors (Lipinski definition) is 1. The fourth-order valence-electron chi connectivity index (χ4n) is 1.85. The standard InChI is InChI=1S/C17H15BrINO/c1-3-8-21-17-7-5-14(18)9-13(17)11-20-15-6-4-12(2)16(19)10-15/h1,4-7,9-10,20H,8,11H2,2H3. The summed E-state index contributed by atoms with van der Waals surface area (Å²) in [4.78, 5) is 0. The maximum absolute atomic E-state index is 5.57. The molecule has 4 heteroatoms. The normalized spacial score (nSPS) is 10.0. The molecule has 0 radical (unpaired) electrons. The Morgan fingerprint density at radius 3 is 2.81 bits per heavy atom. The molecule has 0 saturated carbocycles. The van der Waals surface area contributed by atoms with E-state index in [1.54, 1.807) is 0 Å². The van der Waals surface area contributed by atoms with Crippen molar-refractivity contribution in [1.29, 1.82) is 0 Å². The van der Waals surface area contributed by atoms with Crippen LogP contribution < -0.4 is 10.1 Å². The molecule has 21 heavy (non-hydrogen) atoms. The van der Waals surface area contributed by atoms with Gasteiger partial charge in [0.25, 0.3) is 0 Å². The summed E-state index contributed by atoms with van der Waals surface area (Å²) in [6, 6.07) is 12.2. The van der Waals surface area contributed by atoms with E-state index in [4.69, 9.17) is 11.2 Å². The summed E-state index contributed by atoms with van der Waals surface area (Å²) in [5.74, 6) is 3.30. The molecule has 0 bridgehead atoms. The van der Waals surface area contributed by atoms with Gasteiger partial charge in [0.1, 0.15) is 12.4 Å². The molecule has 108 valence electrons. The maximum Gasteiger partial charge on any atom is 0.148 e. The Morgan fingerprint density at radius 2 is 2.10 bits per heavy atom. The van der Waals surface area contributed by atoms with Crippen LogP contribution in [0.15, 0.2) is 40.9 Å². The Bertz CT molecular complexity index is 679. The van der Waals surface area contributed by atoms with Crippen molar-refractivity contribution in [2.45, 2.75) is 13.5 Å². The molecule has 2 aromatic carbocycles. The van der Waals surface area contributed by atoms with Gasteiger partial charge in [0.15, 0.2) is 0 Å². The zero-order chi connectivity index (χ0) is 15.2. The van der Waals surface area contributed by atoms with E-state index >= 15 is 0 Å². The number of anilines is 1. The van der Waals surface area contributed by atoms with Crippen molar-refractivity contribution < 1.29 is 4.74 Å². The van der Waals surface area contributed by atoms with E-state index in [-0.39, 0.29) is 6.61 Å². The molecule has 2 aromatic rings. The van der Waals surface area contributed by atoms with Gasteiger partial charge in [-0.15, -0.1) is 6.42 Å². The Hall–Kier alpha value is -1.19. The van der Waals surface area contributed by atoms with E-state index in [2.05, 4.69) is 74.9 Å². The van der Waals surface area contributed by atoms with Crippen molar-refractivity contribution in [3.63, 3.8) is 0 Å². The molecule has 0 aliphatic carbocycles. The van der Waals surface area contributed by atoms with Gasteiger partial charge in [-0.25, -0.2) is 0 Å². The van der Waals surface area contributed by atoms with Crippen molar-refractivity contribution in [2.75, 3.05) is 11.9 Å². The molecule has 0 atom stereocenters. The van der Waals surface area contributed by atoms with Crippen LogP contribution in [0.3, 0.4) is 0 Å². The molecule has 0 unspecified atom stereocenters. The van der Waals surface area contributed by atoms with Crippen molar-refractivity contribution in [1.82, 2.24) is 0 Å². The van der Waals surface area contributed by atoms with Gasteiger partial charge < -0.3 is 10.1 Å². The van der Waals surface area contributed by atoms with E-state index < -0.39 is 0 Å². The van der Waals surface area contributed by atoms with Crippen molar-refractivity contribution in [2.24, 2.45) is 0 Å². The first kappa shape index (κ1) is 16.2. The van der Waals surface area contributed by atoms with Crippen LogP contribution >= 0.6 is 38.5 Å². The van der Waals surface area contributed by atoms with E-state index in [1.807, 2.05) is 18.2 Å². The zero-order valence-electron chi connectivity index (χ0n) is 11.6. The van der Waals surface area contributed by atoms with E-state index in [0.29, 0.717) is 6.54 Å². The smallest absolute Gasteiger partial charge is 0.148 e. The predicted molar refractivity (Wildman–Crippen MR) is 99.7 cm³/mol. The first-order valence-electron chi connectivity index (χ1n) is 6.45. The van der Waals surface area contributed by atoms with E-state index in [1.165, 1.54) is 9.13 Å². The Kier molecular flexibility index (Phi) is 5.95. The molecule has 0 spiro atoms. The minimum atomic E-state index is 0.275. The van der Waals surface area contributed by atoms with Gasteiger partial charge in [-0.05, 0) is 65.4 Å². The fourth-order valence-corrected chi connectivity index (χ4v) is 2.77. The SMILES string of the molecule is C#CCOc1ccc(Br)cc1CNc1ccc(C)c(I)c1. The van der Waals surface area contributed by atoms with Gasteiger partial charge in [0.05, 0.1) is 0 Å². The highest BCUT2D eigenvalue weighted by Crippen LogP contribution is 2.25. The number of nitrogens with one attached hydrogen (secondary N) is 1. The number of aryl methyl sites for hydroxylation is 1. The summed E-state index contributed by atoms with van der Waals surface area (Å²) in [7, 11) is 0. The molecule has 1 N–H and O–H groups in total. The second-order valence-corrected chi connectivity index (χ2v) is 6.64. The Labute approximate surface area is 147 Å². The van der Waals surface area contributed by atoms with Gasteiger partial charge in [-0.1, -0.05) is 27.9 Å². The third-order valence-electron chi connectivity index (χ3n) is 2.99. The summed E-state index contributed by atoms with van der Waals surface area (Å²) in [6.07, 6.45) is 5.25. The molecule has 0 aliphatic heterocycles. The van der Waals surface area contributed by atoms with Crippen LogP contribution in [0.25, 0.3) is 0 Å². The van der Waals surface area contributed by atoms with Crippen LogP contribution in [-0.4, -0.2) is 6.61 Å². The van der Waals surface area contributed by atoms with Crippen LogP contribution in [-0.2, 0) is 6.54 Å². The molecule has 2 nitrogen and oxygen atoms in total.